The summed E-state index contributed by atoms with van der Waals surface area (Å²) in [6.45, 7) is 4.28. The predicted octanol–water partition coefficient (Wildman–Crippen LogP) is 2.07. The van der Waals surface area contributed by atoms with E-state index in [0.29, 0.717) is 12.4 Å². The first-order valence-electron chi connectivity index (χ1n) is 4.77. The van der Waals surface area contributed by atoms with Crippen LogP contribution in [0.15, 0.2) is 10.9 Å². The van der Waals surface area contributed by atoms with Gasteiger partial charge in [-0.1, -0.05) is 0 Å². The minimum atomic E-state index is -0.496. The van der Waals surface area contributed by atoms with E-state index in [1.54, 1.807) is 16.8 Å². The SMILES string of the molecule is CC(C)(CCl)C(=O)NCCc1cscn1. The zero-order valence-corrected chi connectivity index (χ0v) is 10.5. The molecule has 0 bridgehead atoms. The monoisotopic (exact) mass is 246 g/mol. The molecule has 0 saturated carbocycles. The van der Waals surface area contributed by atoms with Crippen molar-refractivity contribution in [2.75, 3.05) is 12.4 Å². The second-order valence-electron chi connectivity index (χ2n) is 4.00. The fourth-order valence-corrected chi connectivity index (χ4v) is 1.68. The van der Waals surface area contributed by atoms with Crippen LogP contribution in [0.1, 0.15) is 19.5 Å². The molecule has 1 aromatic heterocycles. The number of hydrogen-bond acceptors (Lipinski definition) is 3. The van der Waals surface area contributed by atoms with Crippen molar-refractivity contribution >= 4 is 28.8 Å². The van der Waals surface area contributed by atoms with Crippen LogP contribution in [0.5, 0.6) is 0 Å². The van der Waals surface area contributed by atoms with E-state index in [9.17, 15) is 4.79 Å². The van der Waals surface area contributed by atoms with E-state index in [0.717, 1.165) is 12.1 Å². The molecule has 0 aromatic carbocycles. The summed E-state index contributed by atoms with van der Waals surface area (Å²) in [5.41, 5.74) is 2.31. The number of carbonyl (C=O) groups excluding carboxylic acids is 1. The summed E-state index contributed by atoms with van der Waals surface area (Å²) in [5.74, 6) is 0.322. The first kappa shape index (κ1) is 12.5. The number of amides is 1. The van der Waals surface area contributed by atoms with Gasteiger partial charge >= 0.3 is 0 Å². The Kier molecular flexibility index (Phi) is 4.54. The summed E-state index contributed by atoms with van der Waals surface area (Å²) in [4.78, 5) is 15.7. The van der Waals surface area contributed by atoms with E-state index < -0.39 is 5.41 Å². The first-order valence-corrected chi connectivity index (χ1v) is 6.25. The van der Waals surface area contributed by atoms with Gasteiger partial charge in [0, 0.05) is 24.2 Å². The Morgan fingerprint density at radius 3 is 2.93 bits per heavy atom. The highest BCUT2D eigenvalue weighted by molar-refractivity contribution is 7.07. The number of hydrogen-bond donors (Lipinski definition) is 1. The maximum Gasteiger partial charge on any atom is 0.226 e. The highest BCUT2D eigenvalue weighted by Gasteiger charge is 2.25. The average Bonchev–Trinajstić information content (AvgIpc) is 2.70. The zero-order chi connectivity index (χ0) is 11.3. The standard InChI is InChI=1S/C10H15ClN2OS/c1-10(2,6-11)9(14)12-4-3-8-5-15-7-13-8/h5,7H,3-4,6H2,1-2H3,(H,12,14). The molecule has 5 heteroatoms. The molecule has 3 nitrogen and oxygen atoms in total. The lowest BCUT2D eigenvalue weighted by atomic mass is 9.95. The summed E-state index contributed by atoms with van der Waals surface area (Å²) in [5, 5.41) is 4.84. The van der Waals surface area contributed by atoms with Crippen molar-refractivity contribution < 1.29 is 4.79 Å². The minimum Gasteiger partial charge on any atom is -0.355 e. The number of aromatic nitrogens is 1. The van der Waals surface area contributed by atoms with Crippen LogP contribution >= 0.6 is 22.9 Å². The van der Waals surface area contributed by atoms with Gasteiger partial charge in [0.1, 0.15) is 0 Å². The smallest absolute Gasteiger partial charge is 0.226 e. The largest absolute Gasteiger partial charge is 0.355 e. The summed E-state index contributed by atoms with van der Waals surface area (Å²) in [7, 11) is 0. The summed E-state index contributed by atoms with van der Waals surface area (Å²) in [6, 6.07) is 0. The van der Waals surface area contributed by atoms with E-state index in [1.165, 1.54) is 0 Å². The van der Waals surface area contributed by atoms with Crippen molar-refractivity contribution in [3.8, 4) is 0 Å². The van der Waals surface area contributed by atoms with Gasteiger partial charge in [-0.3, -0.25) is 4.79 Å². The van der Waals surface area contributed by atoms with Crippen molar-refractivity contribution in [3.63, 3.8) is 0 Å². The van der Waals surface area contributed by atoms with Crippen molar-refractivity contribution in [2.24, 2.45) is 5.41 Å². The normalized spacial score (nSPS) is 11.4. The zero-order valence-electron chi connectivity index (χ0n) is 8.92. The molecular formula is C10H15ClN2OS. The van der Waals surface area contributed by atoms with Gasteiger partial charge in [0.05, 0.1) is 16.6 Å². The number of thiazole rings is 1. The quantitative estimate of drug-likeness (QED) is 0.809. The second kappa shape index (κ2) is 5.47. The Morgan fingerprint density at radius 1 is 1.67 bits per heavy atom. The molecule has 15 heavy (non-hydrogen) atoms. The lowest BCUT2D eigenvalue weighted by Gasteiger charge is -2.20. The van der Waals surface area contributed by atoms with Gasteiger partial charge in [-0.25, -0.2) is 4.98 Å². The van der Waals surface area contributed by atoms with E-state index in [1.807, 2.05) is 19.2 Å². The minimum absolute atomic E-state index is 0.00673. The molecule has 84 valence electrons. The van der Waals surface area contributed by atoms with Gasteiger partial charge < -0.3 is 5.32 Å². The van der Waals surface area contributed by atoms with Gasteiger partial charge in [0.2, 0.25) is 5.91 Å². The van der Waals surface area contributed by atoms with Crippen molar-refractivity contribution in [1.82, 2.24) is 10.3 Å². The van der Waals surface area contributed by atoms with Crippen LogP contribution in [-0.2, 0) is 11.2 Å². The third-order valence-electron chi connectivity index (χ3n) is 2.10. The highest BCUT2D eigenvalue weighted by Crippen LogP contribution is 2.16. The molecule has 0 aliphatic heterocycles. The third kappa shape index (κ3) is 3.80. The number of nitrogens with one attached hydrogen (secondary N) is 1. The molecule has 1 amide bonds. The Bertz CT molecular complexity index is 311. The predicted molar refractivity (Wildman–Crippen MR) is 63.3 cm³/mol. The van der Waals surface area contributed by atoms with E-state index >= 15 is 0 Å². The molecule has 0 atom stereocenters. The van der Waals surface area contributed by atoms with Crippen LogP contribution < -0.4 is 5.32 Å². The number of halogens is 1. The lowest BCUT2D eigenvalue weighted by Crippen LogP contribution is -2.39. The van der Waals surface area contributed by atoms with Crippen molar-refractivity contribution in [3.05, 3.63) is 16.6 Å². The van der Waals surface area contributed by atoms with Crippen LogP contribution in [-0.4, -0.2) is 23.3 Å². The lowest BCUT2D eigenvalue weighted by molar-refractivity contribution is -0.128. The topological polar surface area (TPSA) is 42.0 Å². The molecule has 1 heterocycles. The van der Waals surface area contributed by atoms with Crippen LogP contribution in [0.2, 0.25) is 0 Å². The fraction of sp³-hybridized carbons (Fsp3) is 0.600. The molecule has 0 unspecified atom stereocenters. The van der Waals surface area contributed by atoms with Crippen LogP contribution in [0.25, 0.3) is 0 Å². The number of alkyl halides is 1. The molecule has 0 aliphatic rings. The molecule has 0 aliphatic carbocycles. The molecular weight excluding hydrogens is 232 g/mol. The van der Waals surface area contributed by atoms with Crippen molar-refractivity contribution in [2.45, 2.75) is 20.3 Å². The van der Waals surface area contributed by atoms with Gasteiger partial charge in [0.25, 0.3) is 0 Å². The van der Waals surface area contributed by atoms with Crippen LogP contribution in [0.3, 0.4) is 0 Å². The Labute approximate surface area is 98.9 Å². The Morgan fingerprint density at radius 2 is 2.40 bits per heavy atom. The summed E-state index contributed by atoms with van der Waals surface area (Å²) < 4.78 is 0. The maximum absolute atomic E-state index is 11.6. The highest BCUT2D eigenvalue weighted by atomic mass is 35.5. The number of carbonyl (C=O) groups is 1. The first-order chi connectivity index (χ1) is 7.06. The molecule has 0 fully saturated rings. The molecule has 0 radical (unpaired) electrons. The molecule has 1 N–H and O–H groups in total. The molecule has 0 spiro atoms. The van der Waals surface area contributed by atoms with E-state index in [2.05, 4.69) is 10.3 Å². The number of rotatable bonds is 5. The Hall–Kier alpha value is -0.610. The van der Waals surface area contributed by atoms with Gasteiger partial charge in [0.15, 0.2) is 0 Å². The van der Waals surface area contributed by atoms with E-state index in [4.69, 9.17) is 11.6 Å². The second-order valence-corrected chi connectivity index (χ2v) is 4.99. The van der Waals surface area contributed by atoms with Gasteiger partial charge in [-0.15, -0.1) is 22.9 Å². The van der Waals surface area contributed by atoms with Crippen LogP contribution in [0, 0.1) is 5.41 Å². The van der Waals surface area contributed by atoms with Gasteiger partial charge in [-0.2, -0.15) is 0 Å². The average molecular weight is 247 g/mol. The molecule has 1 aromatic rings. The molecule has 1 rings (SSSR count). The maximum atomic E-state index is 11.6. The van der Waals surface area contributed by atoms with Crippen LogP contribution in [0.4, 0.5) is 0 Å². The van der Waals surface area contributed by atoms with E-state index in [-0.39, 0.29) is 5.91 Å². The summed E-state index contributed by atoms with van der Waals surface area (Å²) in [6.07, 6.45) is 0.771. The fourth-order valence-electron chi connectivity index (χ4n) is 0.965. The Balaban J connectivity index is 2.29. The molecule has 0 saturated heterocycles. The summed E-state index contributed by atoms with van der Waals surface area (Å²) >= 11 is 7.26. The number of nitrogens with zero attached hydrogens (tertiary/aromatic N) is 1. The van der Waals surface area contributed by atoms with Crippen molar-refractivity contribution in [1.29, 1.82) is 0 Å². The van der Waals surface area contributed by atoms with Gasteiger partial charge in [-0.05, 0) is 13.8 Å². The third-order valence-corrected chi connectivity index (χ3v) is 3.40.